The van der Waals surface area contributed by atoms with Crippen LogP contribution in [0.15, 0.2) is 59.9 Å². The Morgan fingerprint density at radius 3 is 2.80 bits per heavy atom. The zero-order chi connectivity index (χ0) is 21.3. The lowest BCUT2D eigenvalue weighted by molar-refractivity contribution is -0.114. The first kappa shape index (κ1) is 19.8. The third-order valence-electron chi connectivity index (χ3n) is 4.43. The van der Waals surface area contributed by atoms with Gasteiger partial charge in [-0.25, -0.2) is 17.8 Å². The largest absolute Gasteiger partial charge is 0.490 e. The van der Waals surface area contributed by atoms with Gasteiger partial charge < -0.3 is 10.1 Å². The molecule has 2 aromatic heterocycles. The van der Waals surface area contributed by atoms with Crippen molar-refractivity contribution in [3.05, 3.63) is 60.8 Å². The number of anilines is 2. The van der Waals surface area contributed by atoms with Crippen LogP contribution in [-0.4, -0.2) is 37.4 Å². The van der Waals surface area contributed by atoms with Crippen molar-refractivity contribution in [1.29, 1.82) is 0 Å². The molecule has 154 valence electrons. The molecule has 0 bridgehead atoms. The maximum absolute atomic E-state index is 13.5. The van der Waals surface area contributed by atoms with Gasteiger partial charge in [-0.1, -0.05) is 0 Å². The van der Waals surface area contributed by atoms with E-state index >= 15 is 0 Å². The van der Waals surface area contributed by atoms with Crippen LogP contribution < -0.4 is 14.4 Å². The first-order valence-corrected chi connectivity index (χ1v) is 10.4. The summed E-state index contributed by atoms with van der Waals surface area (Å²) in [6.07, 6.45) is 4.56. The van der Waals surface area contributed by atoms with Crippen LogP contribution in [0.25, 0.3) is 11.1 Å². The Kier molecular flexibility index (Phi) is 5.08. The van der Waals surface area contributed by atoms with E-state index in [0.717, 1.165) is 12.1 Å². The Morgan fingerprint density at radius 1 is 1.17 bits per heavy atom. The molecular formula is C20H17FN4O4S. The lowest BCUT2D eigenvalue weighted by Crippen LogP contribution is -2.32. The number of pyridine rings is 2. The van der Waals surface area contributed by atoms with Crippen LogP contribution in [0.3, 0.4) is 0 Å². The van der Waals surface area contributed by atoms with Crippen molar-refractivity contribution in [1.82, 2.24) is 9.97 Å². The molecule has 0 unspecified atom stereocenters. The third-order valence-corrected chi connectivity index (χ3v) is 6.30. The highest BCUT2D eigenvalue weighted by atomic mass is 32.2. The molecule has 1 aromatic carbocycles. The number of benzene rings is 1. The van der Waals surface area contributed by atoms with Gasteiger partial charge in [-0.05, 0) is 35.9 Å². The number of rotatable bonds is 3. The van der Waals surface area contributed by atoms with Crippen LogP contribution in [0.5, 0.6) is 5.75 Å². The van der Waals surface area contributed by atoms with E-state index in [1.165, 1.54) is 29.7 Å². The Labute approximate surface area is 172 Å². The molecule has 0 aliphatic carbocycles. The number of sulfonamides is 1. The number of nitrogens with zero attached hydrogens (tertiary/aromatic N) is 3. The predicted molar refractivity (Wildman–Crippen MR) is 108 cm³/mol. The second kappa shape index (κ2) is 7.71. The molecule has 0 fully saturated rings. The number of aromatic nitrogens is 2. The molecule has 3 heterocycles. The van der Waals surface area contributed by atoms with Crippen molar-refractivity contribution >= 4 is 27.4 Å². The topological polar surface area (TPSA) is 101 Å². The SMILES string of the molecule is CC(=O)Nc1cc(-c2cncc(N3CCOc4cc(F)ccc4S3(=O)=O)c2)ccn1. The minimum absolute atomic E-state index is 0.0179. The van der Waals surface area contributed by atoms with Crippen molar-refractivity contribution in [2.45, 2.75) is 11.8 Å². The van der Waals surface area contributed by atoms with Crippen molar-refractivity contribution in [2.75, 3.05) is 22.8 Å². The number of halogens is 1. The molecule has 8 nitrogen and oxygen atoms in total. The average Bonchev–Trinajstić information content (AvgIpc) is 2.83. The fraction of sp³-hybridized carbons (Fsp3) is 0.150. The number of carbonyl (C=O) groups is 1. The Hall–Kier alpha value is -3.53. The molecule has 1 aliphatic heterocycles. The summed E-state index contributed by atoms with van der Waals surface area (Å²) in [5, 5.41) is 2.61. The number of fused-ring (bicyclic) bond motifs is 1. The van der Waals surface area contributed by atoms with Crippen LogP contribution >= 0.6 is 0 Å². The quantitative estimate of drug-likeness (QED) is 0.688. The molecule has 30 heavy (non-hydrogen) atoms. The highest BCUT2D eigenvalue weighted by Gasteiger charge is 2.31. The summed E-state index contributed by atoms with van der Waals surface area (Å²) in [5.41, 5.74) is 1.68. The minimum atomic E-state index is -3.98. The van der Waals surface area contributed by atoms with E-state index in [4.69, 9.17) is 4.74 Å². The zero-order valence-electron chi connectivity index (χ0n) is 15.9. The predicted octanol–water partition coefficient (Wildman–Crippen LogP) is 2.83. The number of carbonyl (C=O) groups excluding carboxylic acids is 1. The summed E-state index contributed by atoms with van der Waals surface area (Å²) in [6, 6.07) is 8.40. The molecule has 0 atom stereocenters. The maximum Gasteiger partial charge on any atom is 0.268 e. The molecule has 0 spiro atoms. The average molecular weight is 428 g/mol. The first-order chi connectivity index (χ1) is 14.3. The number of hydrogen-bond donors (Lipinski definition) is 1. The highest BCUT2D eigenvalue weighted by Crippen LogP contribution is 2.34. The summed E-state index contributed by atoms with van der Waals surface area (Å²) in [6.45, 7) is 1.48. The second-order valence-electron chi connectivity index (χ2n) is 6.56. The number of amides is 1. The Morgan fingerprint density at radius 2 is 2.00 bits per heavy atom. The zero-order valence-corrected chi connectivity index (χ0v) is 16.7. The molecule has 3 aromatic rings. The van der Waals surface area contributed by atoms with Gasteiger partial charge in [-0.15, -0.1) is 0 Å². The highest BCUT2D eigenvalue weighted by molar-refractivity contribution is 7.93. The lowest BCUT2D eigenvalue weighted by atomic mass is 10.1. The summed E-state index contributed by atoms with van der Waals surface area (Å²) in [4.78, 5) is 19.4. The summed E-state index contributed by atoms with van der Waals surface area (Å²) in [7, 11) is -3.98. The Bertz CT molecular complexity index is 1230. The van der Waals surface area contributed by atoms with Crippen LogP contribution in [0.4, 0.5) is 15.9 Å². The Balaban J connectivity index is 1.74. The van der Waals surface area contributed by atoms with Crippen LogP contribution in [0.1, 0.15) is 6.92 Å². The van der Waals surface area contributed by atoms with Gasteiger partial charge >= 0.3 is 0 Å². The standard InChI is InChI=1S/C20H17FN4O4S/c1-13(26)24-20-9-14(4-5-23-20)15-8-17(12-22-11-15)25-6-7-29-18-10-16(21)2-3-19(18)30(25,27)28/h2-5,8-12H,6-7H2,1H3,(H,23,24,26). The van der Waals surface area contributed by atoms with Gasteiger partial charge in [-0.2, -0.15) is 0 Å². The van der Waals surface area contributed by atoms with Gasteiger partial charge in [0, 0.05) is 30.9 Å². The summed E-state index contributed by atoms with van der Waals surface area (Å²) >= 11 is 0. The smallest absolute Gasteiger partial charge is 0.268 e. The molecule has 4 rings (SSSR count). The number of nitrogens with one attached hydrogen (secondary N) is 1. The fourth-order valence-electron chi connectivity index (χ4n) is 3.13. The van der Waals surface area contributed by atoms with Crippen molar-refractivity contribution in [3.63, 3.8) is 0 Å². The van der Waals surface area contributed by atoms with Gasteiger partial charge in [0.1, 0.15) is 28.9 Å². The van der Waals surface area contributed by atoms with Crippen LogP contribution in [0.2, 0.25) is 0 Å². The van der Waals surface area contributed by atoms with E-state index in [0.29, 0.717) is 22.6 Å². The van der Waals surface area contributed by atoms with E-state index in [2.05, 4.69) is 15.3 Å². The molecular weight excluding hydrogens is 411 g/mol. The third kappa shape index (κ3) is 3.81. The minimum Gasteiger partial charge on any atom is -0.490 e. The van der Waals surface area contributed by atoms with Gasteiger partial charge in [0.05, 0.1) is 18.4 Å². The molecule has 0 radical (unpaired) electrons. The van der Waals surface area contributed by atoms with Gasteiger partial charge in [-0.3, -0.25) is 14.1 Å². The molecule has 1 aliphatic rings. The van der Waals surface area contributed by atoms with Crippen LogP contribution in [-0.2, 0) is 14.8 Å². The van der Waals surface area contributed by atoms with E-state index in [9.17, 15) is 17.6 Å². The first-order valence-electron chi connectivity index (χ1n) is 8.99. The monoisotopic (exact) mass is 428 g/mol. The van der Waals surface area contributed by atoms with E-state index < -0.39 is 15.8 Å². The summed E-state index contributed by atoms with van der Waals surface area (Å²) in [5.74, 6) is -0.473. The van der Waals surface area contributed by atoms with Gasteiger partial charge in [0.2, 0.25) is 5.91 Å². The van der Waals surface area contributed by atoms with Gasteiger partial charge in [0.15, 0.2) is 0 Å². The summed E-state index contributed by atoms with van der Waals surface area (Å²) < 4.78 is 46.6. The van der Waals surface area contributed by atoms with Crippen molar-refractivity contribution < 1.29 is 22.3 Å². The molecule has 1 N–H and O–H groups in total. The van der Waals surface area contributed by atoms with E-state index in [-0.39, 0.29) is 29.7 Å². The van der Waals surface area contributed by atoms with E-state index in [1.807, 2.05) is 0 Å². The molecule has 0 saturated carbocycles. The number of ether oxygens (including phenoxy) is 1. The van der Waals surface area contributed by atoms with E-state index in [1.54, 1.807) is 24.4 Å². The fourth-order valence-corrected chi connectivity index (χ4v) is 4.68. The second-order valence-corrected chi connectivity index (χ2v) is 8.39. The lowest BCUT2D eigenvalue weighted by Gasteiger charge is -2.22. The normalized spacial score (nSPS) is 14.9. The van der Waals surface area contributed by atoms with Gasteiger partial charge in [0.25, 0.3) is 10.0 Å². The van der Waals surface area contributed by atoms with Crippen molar-refractivity contribution in [3.8, 4) is 16.9 Å². The molecule has 10 heteroatoms. The molecule has 0 saturated heterocycles. The number of hydrogen-bond acceptors (Lipinski definition) is 6. The van der Waals surface area contributed by atoms with Crippen LogP contribution in [0, 0.1) is 5.82 Å². The molecule has 1 amide bonds. The maximum atomic E-state index is 13.5. The van der Waals surface area contributed by atoms with Crippen molar-refractivity contribution in [2.24, 2.45) is 0 Å².